The maximum absolute atomic E-state index is 4.26. The second kappa shape index (κ2) is 4.10. The Labute approximate surface area is 74.0 Å². The highest BCUT2D eigenvalue weighted by Crippen LogP contribution is 2.06. The van der Waals surface area contributed by atoms with Crippen LogP contribution in [0.15, 0.2) is 18.3 Å². The van der Waals surface area contributed by atoms with Gasteiger partial charge in [0, 0.05) is 12.2 Å². The van der Waals surface area contributed by atoms with Gasteiger partial charge in [-0.1, -0.05) is 13.0 Å². The third-order valence-electron chi connectivity index (χ3n) is 1.92. The summed E-state index contributed by atoms with van der Waals surface area (Å²) in [5.41, 5.74) is 1.20. The van der Waals surface area contributed by atoms with Crippen molar-refractivity contribution in [3.8, 4) is 0 Å². The lowest BCUT2D eigenvalue weighted by molar-refractivity contribution is 0.759. The Bertz CT molecular complexity index is 228. The molecule has 1 aromatic rings. The first-order chi connectivity index (χ1) is 5.72. The number of nitrogens with zero attached hydrogens (tertiary/aromatic N) is 1. The molecule has 1 unspecified atom stereocenters. The third-order valence-corrected chi connectivity index (χ3v) is 1.92. The van der Waals surface area contributed by atoms with E-state index in [-0.39, 0.29) is 0 Å². The van der Waals surface area contributed by atoms with Gasteiger partial charge < -0.3 is 5.32 Å². The fourth-order valence-corrected chi connectivity index (χ4v) is 0.908. The summed E-state index contributed by atoms with van der Waals surface area (Å²) in [5, 5.41) is 3.31. The van der Waals surface area contributed by atoms with Crippen LogP contribution in [0, 0.1) is 6.92 Å². The largest absolute Gasteiger partial charge is 0.368 e. The van der Waals surface area contributed by atoms with Crippen molar-refractivity contribution in [3.05, 3.63) is 23.9 Å². The van der Waals surface area contributed by atoms with Gasteiger partial charge in [0.05, 0.1) is 0 Å². The van der Waals surface area contributed by atoms with Crippen molar-refractivity contribution >= 4 is 5.82 Å². The van der Waals surface area contributed by atoms with Gasteiger partial charge in [0.15, 0.2) is 0 Å². The van der Waals surface area contributed by atoms with Crippen LogP contribution in [0.4, 0.5) is 5.82 Å². The summed E-state index contributed by atoms with van der Waals surface area (Å²) < 4.78 is 0. The number of pyridine rings is 1. The Morgan fingerprint density at radius 1 is 1.50 bits per heavy atom. The van der Waals surface area contributed by atoms with E-state index in [9.17, 15) is 0 Å². The summed E-state index contributed by atoms with van der Waals surface area (Å²) in [6.07, 6.45) is 3.00. The molecule has 0 saturated carbocycles. The molecule has 0 aromatic carbocycles. The first kappa shape index (κ1) is 9.04. The molecule has 2 nitrogen and oxygen atoms in total. The maximum Gasteiger partial charge on any atom is 0.126 e. The van der Waals surface area contributed by atoms with Crippen LogP contribution < -0.4 is 5.32 Å². The van der Waals surface area contributed by atoms with Crippen LogP contribution in [-0.4, -0.2) is 11.0 Å². The van der Waals surface area contributed by atoms with E-state index in [1.807, 2.05) is 19.2 Å². The molecule has 1 aromatic heterocycles. The highest BCUT2D eigenvalue weighted by molar-refractivity contribution is 5.35. The lowest BCUT2D eigenvalue weighted by Gasteiger charge is -2.11. The quantitative estimate of drug-likeness (QED) is 0.742. The zero-order valence-corrected chi connectivity index (χ0v) is 7.96. The molecule has 0 aliphatic heterocycles. The minimum atomic E-state index is 0.500. The molecule has 0 aliphatic carbocycles. The first-order valence-electron chi connectivity index (χ1n) is 4.41. The van der Waals surface area contributed by atoms with Crippen LogP contribution in [0.25, 0.3) is 0 Å². The van der Waals surface area contributed by atoms with Gasteiger partial charge in [-0.25, -0.2) is 4.98 Å². The number of rotatable bonds is 3. The summed E-state index contributed by atoms with van der Waals surface area (Å²) >= 11 is 0. The lowest BCUT2D eigenvalue weighted by Crippen LogP contribution is -2.14. The molecule has 2 heteroatoms. The predicted molar refractivity (Wildman–Crippen MR) is 52.3 cm³/mol. The van der Waals surface area contributed by atoms with Gasteiger partial charge in [0.1, 0.15) is 5.82 Å². The van der Waals surface area contributed by atoms with Gasteiger partial charge in [-0.3, -0.25) is 0 Å². The SMILES string of the molecule is CCC(C)Nc1ccc(C)cn1. The molecule has 0 radical (unpaired) electrons. The van der Waals surface area contributed by atoms with Crippen molar-refractivity contribution in [2.45, 2.75) is 33.2 Å². The van der Waals surface area contributed by atoms with Crippen molar-refractivity contribution in [3.63, 3.8) is 0 Å². The Hall–Kier alpha value is -1.05. The summed E-state index contributed by atoms with van der Waals surface area (Å²) in [4.78, 5) is 4.26. The highest BCUT2D eigenvalue weighted by atomic mass is 15.0. The minimum absolute atomic E-state index is 0.500. The smallest absolute Gasteiger partial charge is 0.126 e. The molecule has 0 aliphatic rings. The molecular formula is C10H16N2. The molecular weight excluding hydrogens is 148 g/mol. The van der Waals surface area contributed by atoms with Crippen molar-refractivity contribution in [1.29, 1.82) is 0 Å². The van der Waals surface area contributed by atoms with Gasteiger partial charge in [-0.15, -0.1) is 0 Å². The minimum Gasteiger partial charge on any atom is -0.368 e. The molecule has 1 heterocycles. The highest BCUT2D eigenvalue weighted by Gasteiger charge is 1.97. The van der Waals surface area contributed by atoms with Gasteiger partial charge in [-0.2, -0.15) is 0 Å². The van der Waals surface area contributed by atoms with Crippen molar-refractivity contribution < 1.29 is 0 Å². The van der Waals surface area contributed by atoms with Crippen molar-refractivity contribution in [2.24, 2.45) is 0 Å². The Morgan fingerprint density at radius 2 is 2.25 bits per heavy atom. The Balaban J connectivity index is 2.58. The molecule has 1 rings (SSSR count). The molecule has 12 heavy (non-hydrogen) atoms. The third kappa shape index (κ3) is 2.53. The maximum atomic E-state index is 4.26. The zero-order valence-electron chi connectivity index (χ0n) is 7.96. The standard InChI is InChI=1S/C10H16N2/c1-4-9(3)12-10-6-5-8(2)7-11-10/h5-7,9H,4H2,1-3H3,(H,11,12). The van der Waals surface area contributed by atoms with Crippen LogP contribution in [-0.2, 0) is 0 Å². The van der Waals surface area contributed by atoms with E-state index < -0.39 is 0 Å². The molecule has 0 saturated heterocycles. The fraction of sp³-hybridized carbons (Fsp3) is 0.500. The second-order valence-electron chi connectivity index (χ2n) is 3.17. The van der Waals surface area contributed by atoms with Crippen molar-refractivity contribution in [1.82, 2.24) is 4.98 Å². The zero-order chi connectivity index (χ0) is 8.97. The summed E-state index contributed by atoms with van der Waals surface area (Å²) in [7, 11) is 0. The monoisotopic (exact) mass is 164 g/mol. The van der Waals surface area contributed by atoms with E-state index in [2.05, 4.69) is 30.2 Å². The lowest BCUT2D eigenvalue weighted by atomic mass is 10.2. The number of hydrogen-bond acceptors (Lipinski definition) is 2. The average molecular weight is 164 g/mol. The summed E-state index contributed by atoms with van der Waals surface area (Å²) in [6, 6.07) is 4.58. The molecule has 1 atom stereocenters. The first-order valence-corrected chi connectivity index (χ1v) is 4.41. The van der Waals surface area contributed by atoms with E-state index in [1.165, 1.54) is 5.56 Å². The molecule has 0 fully saturated rings. The van der Waals surface area contributed by atoms with E-state index >= 15 is 0 Å². The molecule has 66 valence electrons. The Morgan fingerprint density at radius 3 is 2.75 bits per heavy atom. The second-order valence-corrected chi connectivity index (χ2v) is 3.17. The van der Waals surface area contributed by atoms with E-state index in [0.29, 0.717) is 6.04 Å². The number of aromatic nitrogens is 1. The number of aryl methyl sites for hydroxylation is 1. The molecule has 0 amide bonds. The van der Waals surface area contributed by atoms with E-state index in [1.54, 1.807) is 0 Å². The van der Waals surface area contributed by atoms with Crippen LogP contribution >= 0.6 is 0 Å². The number of hydrogen-bond donors (Lipinski definition) is 1. The van der Waals surface area contributed by atoms with Gasteiger partial charge in [0.25, 0.3) is 0 Å². The molecule has 1 N–H and O–H groups in total. The van der Waals surface area contributed by atoms with Crippen LogP contribution in [0.1, 0.15) is 25.8 Å². The topological polar surface area (TPSA) is 24.9 Å². The average Bonchev–Trinajstić information content (AvgIpc) is 2.09. The number of nitrogens with one attached hydrogen (secondary N) is 1. The normalized spacial score (nSPS) is 12.6. The van der Waals surface area contributed by atoms with Crippen molar-refractivity contribution in [2.75, 3.05) is 5.32 Å². The molecule has 0 bridgehead atoms. The van der Waals surface area contributed by atoms with Gasteiger partial charge in [-0.05, 0) is 31.9 Å². The fourth-order valence-electron chi connectivity index (χ4n) is 0.908. The summed E-state index contributed by atoms with van der Waals surface area (Å²) in [6.45, 7) is 6.35. The predicted octanol–water partition coefficient (Wildman–Crippen LogP) is 2.60. The Kier molecular flexibility index (Phi) is 3.09. The van der Waals surface area contributed by atoms with Gasteiger partial charge in [0.2, 0.25) is 0 Å². The van der Waals surface area contributed by atoms with Crippen LogP contribution in [0.2, 0.25) is 0 Å². The van der Waals surface area contributed by atoms with Crippen LogP contribution in [0.5, 0.6) is 0 Å². The van der Waals surface area contributed by atoms with E-state index in [0.717, 1.165) is 12.2 Å². The number of anilines is 1. The summed E-state index contributed by atoms with van der Waals surface area (Å²) in [5.74, 6) is 0.968. The van der Waals surface area contributed by atoms with E-state index in [4.69, 9.17) is 0 Å². The molecule has 0 spiro atoms. The van der Waals surface area contributed by atoms with Crippen LogP contribution in [0.3, 0.4) is 0 Å². The van der Waals surface area contributed by atoms with Gasteiger partial charge >= 0.3 is 0 Å².